The van der Waals surface area contributed by atoms with Gasteiger partial charge in [-0.25, -0.2) is 24.3 Å². The number of aliphatic hydroxyl groups excluding tert-OH is 3. The summed E-state index contributed by atoms with van der Waals surface area (Å²) in [7, 11) is 7.57. The van der Waals surface area contributed by atoms with Gasteiger partial charge in [0.15, 0.2) is 11.6 Å². The molecule has 0 saturated heterocycles. The van der Waals surface area contributed by atoms with Crippen LogP contribution in [0.2, 0.25) is 0 Å². The highest BCUT2D eigenvalue weighted by molar-refractivity contribution is 5.94. The number of aromatic nitrogens is 15. The van der Waals surface area contributed by atoms with Crippen molar-refractivity contribution in [2.24, 2.45) is 28.2 Å². The molecule has 6 N–H and O–H groups in total. The van der Waals surface area contributed by atoms with E-state index in [-0.39, 0.29) is 35.8 Å². The molecule has 0 aliphatic heterocycles. The van der Waals surface area contributed by atoms with E-state index in [0.29, 0.717) is 72.9 Å². The van der Waals surface area contributed by atoms with Gasteiger partial charge in [0, 0.05) is 100 Å². The molecule has 3 aliphatic carbocycles. The van der Waals surface area contributed by atoms with Crippen LogP contribution in [-0.2, 0) is 47.5 Å². The van der Waals surface area contributed by atoms with Gasteiger partial charge in [0.2, 0.25) is 0 Å². The Kier molecular flexibility index (Phi) is 21.9. The Bertz CT molecular complexity index is 4840. The fraction of sp³-hybridized carbons (Fsp3) is 0.316. The topological polar surface area (TPSA) is 294 Å². The summed E-state index contributed by atoms with van der Waals surface area (Å²) in [6.07, 6.45) is 26.2. The maximum absolute atomic E-state index is 13.1. The zero-order chi connectivity index (χ0) is 71.5. The second-order valence-electron chi connectivity index (χ2n) is 27.1. The van der Waals surface area contributed by atoms with Gasteiger partial charge < -0.3 is 31.3 Å². The molecule has 9 aromatic heterocycles. The van der Waals surface area contributed by atoms with E-state index in [1.54, 1.807) is 52.9 Å². The van der Waals surface area contributed by atoms with Crippen LogP contribution in [0.5, 0.6) is 0 Å². The van der Waals surface area contributed by atoms with Crippen molar-refractivity contribution in [3.05, 3.63) is 245 Å². The van der Waals surface area contributed by atoms with Crippen molar-refractivity contribution in [2.75, 3.05) is 0 Å². The van der Waals surface area contributed by atoms with Gasteiger partial charge in [-0.1, -0.05) is 98.5 Å². The molecule has 3 aromatic carbocycles. The minimum absolute atomic E-state index is 0.230. The molecule has 24 heteroatoms. The number of carbonyl (C=O) groups is 3. The first-order valence-corrected chi connectivity index (χ1v) is 35.2. The van der Waals surface area contributed by atoms with Crippen molar-refractivity contribution in [1.29, 1.82) is 0 Å². The van der Waals surface area contributed by atoms with Crippen LogP contribution < -0.4 is 16.0 Å². The lowest BCUT2D eigenvalue weighted by Crippen LogP contribution is -2.45. The first kappa shape index (κ1) is 70.1. The lowest BCUT2D eigenvalue weighted by Gasteiger charge is -2.28. The third kappa shape index (κ3) is 17.7. The zero-order valence-corrected chi connectivity index (χ0v) is 58.5. The van der Waals surface area contributed by atoms with Gasteiger partial charge in [0.1, 0.15) is 17.1 Å². The van der Waals surface area contributed by atoms with Crippen molar-refractivity contribution in [2.45, 2.75) is 133 Å². The van der Waals surface area contributed by atoms with Gasteiger partial charge >= 0.3 is 0 Å². The highest BCUT2D eigenvalue weighted by atomic mass is 16.3. The molecule has 103 heavy (non-hydrogen) atoms. The number of aryl methyl sites for hydroxylation is 4. The first-order chi connectivity index (χ1) is 50.0. The summed E-state index contributed by atoms with van der Waals surface area (Å²) in [6.45, 7) is 2.00. The van der Waals surface area contributed by atoms with Gasteiger partial charge in [-0.05, 0) is 171 Å². The predicted octanol–water partition coefficient (Wildman–Crippen LogP) is 10.0. The van der Waals surface area contributed by atoms with Crippen molar-refractivity contribution in [3.63, 3.8) is 0 Å². The minimum Gasteiger partial charge on any atom is -0.391 e. The molecular formula is C79H86N18O6. The standard InChI is InChI=1S/C27H30N6O2.2C26H28N6O2/c1-32-12-11-22(31-32)20-9-7-18(8-10-20)13-19-14-24(21-16-28-33(2)17-21)29-25(15-19)27(35)30-23-5-3-4-6-26(23)34;1-17-20(15-18-7-9-19(10-8-18)21-11-14-31(2)30-21)16-23(28-25(17)32-13-4-12-27-32)26(34)29-22-5-3-6-24(22)33;1-31-14-11-21(30-31)20-9-7-18(8-10-20)15-19-16-23(28-25(17-19)32-13-4-12-27-32)26(34)29-22-5-2-3-6-24(22)33/h7-12,14-17,23,26,34H,3-6,13H2,1-2H3,(H,30,35);4,7-14,16,22,24,33H,3,5-6,15H2,1-2H3,(H,29,34);4,7-14,16-17,22,24,33H,2-3,5-6,15H2,1H3,(H,29,34)/t23-,26-;2*22-,24-/m000/s1. The van der Waals surface area contributed by atoms with E-state index >= 15 is 0 Å². The van der Waals surface area contributed by atoms with Crippen LogP contribution in [-0.4, -0.2) is 143 Å². The Balaban J connectivity index is 0.000000138. The van der Waals surface area contributed by atoms with Crippen LogP contribution >= 0.6 is 0 Å². The molecule has 9 heterocycles. The molecule has 528 valence electrons. The van der Waals surface area contributed by atoms with Crippen LogP contribution in [0.3, 0.4) is 0 Å². The van der Waals surface area contributed by atoms with Crippen LogP contribution in [0.1, 0.15) is 141 Å². The van der Waals surface area contributed by atoms with E-state index in [1.165, 1.54) is 0 Å². The van der Waals surface area contributed by atoms with E-state index in [2.05, 4.69) is 134 Å². The van der Waals surface area contributed by atoms with Crippen LogP contribution in [0.15, 0.2) is 189 Å². The van der Waals surface area contributed by atoms with Crippen molar-refractivity contribution in [3.8, 4) is 56.7 Å². The molecule has 3 saturated carbocycles. The number of pyridine rings is 3. The summed E-state index contributed by atoms with van der Waals surface area (Å²) < 4.78 is 10.4. The van der Waals surface area contributed by atoms with Crippen molar-refractivity contribution >= 4 is 17.7 Å². The molecular weight excluding hydrogens is 1300 g/mol. The number of rotatable bonds is 18. The molecule has 3 fully saturated rings. The minimum atomic E-state index is -0.510. The third-order valence-corrected chi connectivity index (χ3v) is 19.3. The van der Waals surface area contributed by atoms with Gasteiger partial charge in [0.05, 0.1) is 65.4 Å². The Morgan fingerprint density at radius 2 is 0.845 bits per heavy atom. The van der Waals surface area contributed by atoms with Gasteiger partial charge in [-0.15, -0.1) is 0 Å². The SMILES string of the molecule is Cc1c(Cc2ccc(-c3ccn(C)n3)cc2)cc(C(=O)N[C@H]2CCC[C@@H]2O)nc1-n1cccn1.Cn1cc(-c2cc(Cc3ccc(-c4ccn(C)n4)cc3)cc(C(=O)N[C@H]3CCCC[C@@H]3O)n2)cn1.Cn1ccc(-c2ccc(Cc3cc(C(=O)N[C@H]4CCCC[C@@H]4O)nc(-n4cccn4)c3)cc2)n1. The zero-order valence-electron chi connectivity index (χ0n) is 58.5. The van der Waals surface area contributed by atoms with E-state index in [9.17, 15) is 29.7 Å². The Morgan fingerprint density at radius 3 is 1.26 bits per heavy atom. The fourth-order valence-electron chi connectivity index (χ4n) is 13.6. The van der Waals surface area contributed by atoms with Crippen molar-refractivity contribution in [1.82, 2.24) is 89.6 Å². The van der Waals surface area contributed by atoms with Crippen LogP contribution in [0.4, 0.5) is 0 Å². The first-order valence-electron chi connectivity index (χ1n) is 35.2. The van der Waals surface area contributed by atoms with E-state index in [4.69, 9.17) is 0 Å². The molecule has 24 nitrogen and oxygen atoms in total. The predicted molar refractivity (Wildman–Crippen MR) is 391 cm³/mol. The molecule has 0 spiro atoms. The summed E-state index contributed by atoms with van der Waals surface area (Å²) >= 11 is 0. The number of aliphatic hydroxyl groups is 3. The van der Waals surface area contributed by atoms with Crippen LogP contribution in [0.25, 0.3) is 56.7 Å². The molecule has 12 aromatic rings. The molecule has 3 aliphatic rings. The lowest BCUT2D eigenvalue weighted by atomic mass is 9.92. The van der Waals surface area contributed by atoms with Gasteiger partial charge in [-0.3, -0.25) is 33.1 Å². The molecule has 0 radical (unpaired) electrons. The average Bonchev–Trinajstić information content (AvgIpc) is 1.78. The molecule has 6 atom stereocenters. The fourth-order valence-corrected chi connectivity index (χ4v) is 13.6. The Morgan fingerprint density at radius 1 is 0.417 bits per heavy atom. The second-order valence-corrected chi connectivity index (χ2v) is 27.1. The van der Waals surface area contributed by atoms with Crippen LogP contribution in [0, 0.1) is 6.92 Å². The second kappa shape index (κ2) is 32.1. The number of hydrogen-bond donors (Lipinski definition) is 6. The van der Waals surface area contributed by atoms with E-state index in [1.807, 2.05) is 127 Å². The monoisotopic (exact) mass is 1380 g/mol. The molecule has 0 unspecified atom stereocenters. The summed E-state index contributed by atoms with van der Waals surface area (Å²) in [5.74, 6) is 0.415. The molecule has 15 rings (SSSR count). The summed E-state index contributed by atoms with van der Waals surface area (Å²) in [5, 5.41) is 65.9. The summed E-state index contributed by atoms with van der Waals surface area (Å²) in [4.78, 5) is 53.1. The largest absolute Gasteiger partial charge is 0.391 e. The average molecular weight is 1380 g/mol. The van der Waals surface area contributed by atoms with E-state index < -0.39 is 18.3 Å². The summed E-state index contributed by atoms with van der Waals surface area (Å²) in [5.41, 5.74) is 15.8. The normalized spacial score (nSPS) is 17.9. The Hall–Kier alpha value is -11.3. The summed E-state index contributed by atoms with van der Waals surface area (Å²) in [6, 6.07) is 43.3. The Labute approximate surface area is 597 Å². The smallest absolute Gasteiger partial charge is 0.270 e. The number of carbonyl (C=O) groups excluding carboxylic acids is 3. The molecule has 3 amide bonds. The number of hydrogen-bond acceptors (Lipinski definition) is 15. The van der Waals surface area contributed by atoms with Crippen molar-refractivity contribution < 1.29 is 29.7 Å². The maximum Gasteiger partial charge on any atom is 0.270 e. The molecule has 0 bridgehead atoms. The maximum atomic E-state index is 13.1. The van der Waals surface area contributed by atoms with E-state index in [0.717, 1.165) is 130 Å². The lowest BCUT2D eigenvalue weighted by molar-refractivity contribution is 0.0712. The number of nitrogens with one attached hydrogen (secondary N) is 3. The number of benzene rings is 3. The number of nitrogens with zero attached hydrogens (tertiary/aromatic N) is 15. The highest BCUT2D eigenvalue weighted by Crippen LogP contribution is 2.29. The quantitative estimate of drug-likeness (QED) is 0.0466. The van der Waals surface area contributed by atoms with Gasteiger partial charge in [-0.2, -0.15) is 30.6 Å². The third-order valence-electron chi connectivity index (χ3n) is 19.3. The highest BCUT2D eigenvalue weighted by Gasteiger charge is 2.30. The number of amides is 3. The van der Waals surface area contributed by atoms with Gasteiger partial charge in [0.25, 0.3) is 17.7 Å².